The first-order valence-corrected chi connectivity index (χ1v) is 12.6. The van der Waals surface area contributed by atoms with Gasteiger partial charge in [-0.15, -0.1) is 0 Å². The van der Waals surface area contributed by atoms with Crippen LogP contribution in [0.5, 0.6) is 0 Å². The maximum Gasteiger partial charge on any atom is 0.223 e. The topological polar surface area (TPSA) is 130 Å². The minimum Gasteiger partial charge on any atom is -0.383 e. The SMILES string of the molecule is COCC(C)NC1CCC(Nc2ncc(F)c(-c3nccc(NCC4(C#N)CCOCC4)n3)n2)CC1. The summed E-state index contributed by atoms with van der Waals surface area (Å²) in [6, 6.07) is 5.12. The van der Waals surface area contributed by atoms with Gasteiger partial charge < -0.3 is 25.4 Å². The standard InChI is InChI=1S/C25H35FN8O2/c1-17(14-35-2)31-18-3-5-19(6-4-18)32-24-29-13-20(26)22(34-24)23-28-10-7-21(33-23)30-16-25(15-27)8-11-36-12-9-25/h7,10,13,17-19,31H,3-6,8-9,11-12,14,16H2,1-2H3,(H,28,30,33)(H,29,32,34). The third-order valence-electron chi connectivity index (χ3n) is 6.90. The van der Waals surface area contributed by atoms with E-state index in [1.54, 1.807) is 19.4 Å². The Hall–Kier alpha value is -2.94. The summed E-state index contributed by atoms with van der Waals surface area (Å²) in [7, 11) is 1.71. The number of anilines is 2. The molecular weight excluding hydrogens is 463 g/mol. The predicted molar refractivity (Wildman–Crippen MR) is 134 cm³/mol. The number of ether oxygens (including phenoxy) is 2. The number of halogens is 1. The molecule has 2 fully saturated rings. The molecule has 1 atom stereocenters. The molecule has 1 unspecified atom stereocenters. The fourth-order valence-corrected chi connectivity index (χ4v) is 4.80. The van der Waals surface area contributed by atoms with Crippen LogP contribution in [0.15, 0.2) is 18.5 Å². The first kappa shape index (κ1) is 26.1. The Morgan fingerprint density at radius 2 is 1.94 bits per heavy atom. The lowest BCUT2D eigenvalue weighted by atomic mass is 9.82. The van der Waals surface area contributed by atoms with Gasteiger partial charge >= 0.3 is 0 Å². The average Bonchev–Trinajstić information content (AvgIpc) is 2.90. The van der Waals surface area contributed by atoms with Crippen LogP contribution in [0.2, 0.25) is 0 Å². The van der Waals surface area contributed by atoms with Crippen molar-refractivity contribution in [1.82, 2.24) is 25.3 Å². The van der Waals surface area contributed by atoms with Gasteiger partial charge in [0.2, 0.25) is 5.95 Å². The molecule has 2 aromatic rings. The van der Waals surface area contributed by atoms with Crippen molar-refractivity contribution in [1.29, 1.82) is 5.26 Å². The largest absolute Gasteiger partial charge is 0.383 e. The van der Waals surface area contributed by atoms with Gasteiger partial charge in [0.25, 0.3) is 0 Å². The first-order valence-electron chi connectivity index (χ1n) is 12.6. The van der Waals surface area contributed by atoms with Crippen LogP contribution in [-0.4, -0.2) is 71.5 Å². The second kappa shape index (κ2) is 12.3. The minimum absolute atomic E-state index is 0.0426. The summed E-state index contributed by atoms with van der Waals surface area (Å²) >= 11 is 0. The predicted octanol–water partition coefficient (Wildman–Crippen LogP) is 3.15. The highest BCUT2D eigenvalue weighted by atomic mass is 19.1. The van der Waals surface area contributed by atoms with Gasteiger partial charge in [-0.2, -0.15) is 5.26 Å². The number of hydrogen-bond acceptors (Lipinski definition) is 10. The van der Waals surface area contributed by atoms with E-state index in [4.69, 9.17) is 9.47 Å². The van der Waals surface area contributed by atoms with Gasteiger partial charge in [0.15, 0.2) is 11.6 Å². The van der Waals surface area contributed by atoms with Gasteiger partial charge in [0.1, 0.15) is 11.5 Å². The van der Waals surface area contributed by atoms with E-state index in [0.29, 0.717) is 63.1 Å². The number of nitrogens with one attached hydrogen (secondary N) is 3. The van der Waals surface area contributed by atoms with Crippen molar-refractivity contribution < 1.29 is 13.9 Å². The molecule has 0 bridgehead atoms. The van der Waals surface area contributed by atoms with Gasteiger partial charge in [-0.05, 0) is 51.5 Å². The van der Waals surface area contributed by atoms with E-state index in [-0.39, 0.29) is 17.6 Å². The molecule has 10 nitrogen and oxygen atoms in total. The summed E-state index contributed by atoms with van der Waals surface area (Å²) in [5, 5.41) is 19.8. The Morgan fingerprint density at radius 1 is 1.19 bits per heavy atom. The highest BCUT2D eigenvalue weighted by Crippen LogP contribution is 2.30. The van der Waals surface area contributed by atoms with Crippen LogP contribution in [-0.2, 0) is 9.47 Å². The third kappa shape index (κ3) is 6.84. The lowest BCUT2D eigenvalue weighted by Crippen LogP contribution is -2.43. The summed E-state index contributed by atoms with van der Waals surface area (Å²) in [6.07, 6.45) is 8.04. The van der Waals surface area contributed by atoms with E-state index < -0.39 is 11.2 Å². The molecule has 4 rings (SSSR count). The molecule has 1 saturated carbocycles. The maximum absolute atomic E-state index is 14.7. The lowest BCUT2D eigenvalue weighted by Gasteiger charge is -2.31. The monoisotopic (exact) mass is 498 g/mol. The van der Waals surface area contributed by atoms with Crippen molar-refractivity contribution in [3.05, 3.63) is 24.3 Å². The van der Waals surface area contributed by atoms with Gasteiger partial charge in [0.05, 0.1) is 24.3 Å². The highest BCUT2D eigenvalue weighted by Gasteiger charge is 2.32. The molecule has 0 aromatic carbocycles. The van der Waals surface area contributed by atoms with Gasteiger partial charge in [-0.1, -0.05) is 0 Å². The van der Waals surface area contributed by atoms with Crippen molar-refractivity contribution in [2.75, 3.05) is 44.1 Å². The summed E-state index contributed by atoms with van der Waals surface area (Å²) in [4.78, 5) is 17.2. The van der Waals surface area contributed by atoms with Crippen molar-refractivity contribution >= 4 is 11.8 Å². The second-order valence-corrected chi connectivity index (χ2v) is 9.73. The van der Waals surface area contributed by atoms with Crippen molar-refractivity contribution in [3.63, 3.8) is 0 Å². The second-order valence-electron chi connectivity index (χ2n) is 9.73. The summed E-state index contributed by atoms with van der Waals surface area (Å²) in [6.45, 7) is 4.39. The number of methoxy groups -OCH3 is 1. The Labute approximate surface area is 211 Å². The Balaban J connectivity index is 1.37. The van der Waals surface area contributed by atoms with Crippen LogP contribution in [0.1, 0.15) is 45.4 Å². The molecule has 3 heterocycles. The van der Waals surface area contributed by atoms with E-state index in [9.17, 15) is 9.65 Å². The molecule has 11 heteroatoms. The summed E-state index contributed by atoms with van der Waals surface area (Å²) in [5.74, 6) is 0.460. The van der Waals surface area contributed by atoms with E-state index in [0.717, 1.165) is 31.9 Å². The van der Waals surface area contributed by atoms with Gasteiger partial charge in [-0.3, -0.25) is 0 Å². The van der Waals surface area contributed by atoms with Crippen LogP contribution < -0.4 is 16.0 Å². The number of rotatable bonds is 10. The van der Waals surface area contributed by atoms with E-state index in [1.807, 2.05) is 0 Å². The van der Waals surface area contributed by atoms with Crippen LogP contribution in [0, 0.1) is 22.6 Å². The van der Waals surface area contributed by atoms with Crippen LogP contribution in [0.3, 0.4) is 0 Å². The number of nitrogens with zero attached hydrogens (tertiary/aromatic N) is 5. The van der Waals surface area contributed by atoms with Crippen LogP contribution >= 0.6 is 0 Å². The third-order valence-corrected chi connectivity index (χ3v) is 6.90. The molecule has 36 heavy (non-hydrogen) atoms. The zero-order valence-corrected chi connectivity index (χ0v) is 21.0. The summed E-state index contributed by atoms with van der Waals surface area (Å²) in [5.41, 5.74) is -0.460. The number of aromatic nitrogens is 4. The Kier molecular flexibility index (Phi) is 8.96. The minimum atomic E-state index is -0.587. The van der Waals surface area contributed by atoms with E-state index >= 15 is 0 Å². The average molecular weight is 499 g/mol. The summed E-state index contributed by atoms with van der Waals surface area (Å²) < 4.78 is 25.3. The molecule has 194 valence electrons. The smallest absolute Gasteiger partial charge is 0.223 e. The van der Waals surface area contributed by atoms with Crippen molar-refractivity contribution in [3.8, 4) is 17.6 Å². The molecule has 2 aromatic heterocycles. The Bertz CT molecular complexity index is 1030. The van der Waals surface area contributed by atoms with Crippen LogP contribution in [0.25, 0.3) is 11.5 Å². The molecule has 1 aliphatic heterocycles. The molecule has 1 saturated heterocycles. The maximum atomic E-state index is 14.7. The van der Waals surface area contributed by atoms with E-state index in [1.165, 1.54) is 0 Å². The molecular formula is C25H35FN8O2. The lowest BCUT2D eigenvalue weighted by molar-refractivity contribution is 0.0455. The Morgan fingerprint density at radius 3 is 2.67 bits per heavy atom. The number of hydrogen-bond donors (Lipinski definition) is 3. The van der Waals surface area contributed by atoms with E-state index in [2.05, 4.69) is 48.9 Å². The molecule has 2 aliphatic rings. The fourth-order valence-electron chi connectivity index (χ4n) is 4.80. The molecule has 0 spiro atoms. The molecule has 3 N–H and O–H groups in total. The van der Waals surface area contributed by atoms with Gasteiger partial charge in [0, 0.05) is 51.2 Å². The normalized spacial score (nSPS) is 22.4. The molecule has 0 amide bonds. The zero-order chi connectivity index (χ0) is 25.4. The fraction of sp³-hybridized carbons (Fsp3) is 0.640. The zero-order valence-electron chi connectivity index (χ0n) is 21.0. The van der Waals surface area contributed by atoms with Crippen molar-refractivity contribution in [2.45, 2.75) is 63.6 Å². The highest BCUT2D eigenvalue weighted by molar-refractivity contribution is 5.54. The molecule has 0 radical (unpaired) electrons. The first-order chi connectivity index (χ1) is 17.5. The van der Waals surface area contributed by atoms with Gasteiger partial charge in [-0.25, -0.2) is 24.3 Å². The number of nitriles is 1. The van der Waals surface area contributed by atoms with Crippen LogP contribution in [0.4, 0.5) is 16.2 Å². The quantitative estimate of drug-likeness (QED) is 0.449. The van der Waals surface area contributed by atoms with Crippen molar-refractivity contribution in [2.24, 2.45) is 5.41 Å². The molecule has 1 aliphatic carbocycles.